The molecule has 0 aromatic carbocycles. The first-order chi connectivity index (χ1) is 18.7. The fourth-order valence-corrected chi connectivity index (χ4v) is 8.16. The largest absolute Gasteiger partial charge is 0.481 e. The minimum absolute atomic E-state index is 0.0574. The number of rotatable bonds is 9. The zero-order valence-electron chi connectivity index (χ0n) is 22.5. The Bertz CT molecular complexity index is 1380. The second-order valence-electron chi connectivity index (χ2n) is 11.5. The van der Waals surface area contributed by atoms with Gasteiger partial charge < -0.3 is 10.4 Å². The van der Waals surface area contributed by atoms with Crippen LogP contribution in [-0.4, -0.2) is 46.9 Å². The van der Waals surface area contributed by atoms with Crippen molar-refractivity contribution in [2.24, 2.45) is 11.8 Å². The van der Waals surface area contributed by atoms with Crippen LogP contribution in [0.2, 0.25) is 5.02 Å². The second kappa shape index (κ2) is 11.9. The molecule has 2 saturated carbocycles. The normalized spacial score (nSPS) is 20.4. The fourth-order valence-electron chi connectivity index (χ4n) is 5.16. The first kappa shape index (κ1) is 30.7. The van der Waals surface area contributed by atoms with Crippen molar-refractivity contribution in [1.29, 1.82) is 0 Å². The van der Waals surface area contributed by atoms with Crippen LogP contribution in [0.15, 0.2) is 11.2 Å². The van der Waals surface area contributed by atoms with E-state index in [4.69, 9.17) is 16.7 Å². The van der Waals surface area contributed by atoms with Crippen LogP contribution in [0.1, 0.15) is 93.2 Å². The number of pyridine rings is 1. The molecule has 40 heavy (non-hydrogen) atoms. The zero-order valence-corrected chi connectivity index (χ0v) is 24.9. The molecule has 0 saturated heterocycles. The highest BCUT2D eigenvalue weighted by molar-refractivity contribution is 7.89. The summed E-state index contributed by atoms with van der Waals surface area (Å²) in [5.74, 6) is -1.67. The molecule has 2 heterocycles. The molecule has 4 rings (SSSR count). The molecule has 2 fully saturated rings. The van der Waals surface area contributed by atoms with Gasteiger partial charge in [0.05, 0.1) is 21.5 Å². The summed E-state index contributed by atoms with van der Waals surface area (Å²) in [4.78, 5) is 33.0. The van der Waals surface area contributed by atoms with Crippen molar-refractivity contribution in [2.75, 3.05) is 0 Å². The zero-order chi connectivity index (χ0) is 29.4. The fraction of sp³-hybridized carbons (Fsp3) is 0.615. The van der Waals surface area contributed by atoms with Crippen LogP contribution < -0.4 is 10.0 Å². The van der Waals surface area contributed by atoms with E-state index in [1.807, 2.05) is 0 Å². The van der Waals surface area contributed by atoms with Crippen LogP contribution in [0.25, 0.3) is 10.4 Å². The van der Waals surface area contributed by atoms with E-state index in [1.165, 1.54) is 0 Å². The van der Waals surface area contributed by atoms with E-state index in [1.54, 1.807) is 20.8 Å². The number of nitrogens with one attached hydrogen (secondary N) is 2. The average Bonchev–Trinajstić information content (AvgIpc) is 3.22. The molecule has 9 nitrogen and oxygen atoms in total. The SMILES string of the molecule is CC(C)(C)NS(=O)(=O)c1ncc(-c2sc(C(=O)NC3CC(C(=O)O)C3)nc2CC2CCCCC2)c(C(F)F)c1Cl. The third-order valence-electron chi connectivity index (χ3n) is 7.10. The maximum absolute atomic E-state index is 14.5. The van der Waals surface area contributed by atoms with Crippen molar-refractivity contribution in [1.82, 2.24) is 20.0 Å². The third-order valence-corrected chi connectivity index (χ3v) is 10.4. The number of carbonyl (C=O) groups excluding carboxylic acids is 1. The summed E-state index contributed by atoms with van der Waals surface area (Å²) in [5, 5.41) is 10.6. The van der Waals surface area contributed by atoms with Crippen molar-refractivity contribution in [3.63, 3.8) is 0 Å². The summed E-state index contributed by atoms with van der Waals surface area (Å²) in [6.07, 6.45) is 4.15. The number of hydrogen-bond acceptors (Lipinski definition) is 7. The van der Waals surface area contributed by atoms with Gasteiger partial charge in [0, 0.05) is 28.9 Å². The van der Waals surface area contributed by atoms with Gasteiger partial charge in [-0.05, 0) is 46.0 Å². The Morgan fingerprint density at radius 1 is 1.20 bits per heavy atom. The molecule has 0 bridgehead atoms. The van der Waals surface area contributed by atoms with E-state index < -0.39 is 55.4 Å². The van der Waals surface area contributed by atoms with E-state index >= 15 is 0 Å². The Labute approximate surface area is 241 Å². The molecule has 14 heteroatoms. The molecule has 2 aliphatic carbocycles. The monoisotopic (exact) mass is 618 g/mol. The number of carbonyl (C=O) groups is 2. The van der Waals surface area contributed by atoms with Crippen LogP contribution in [-0.2, 0) is 21.2 Å². The Hall–Kier alpha value is -2.22. The number of aliphatic carboxylic acids is 1. The predicted molar refractivity (Wildman–Crippen MR) is 147 cm³/mol. The van der Waals surface area contributed by atoms with Gasteiger partial charge in [-0.2, -0.15) is 0 Å². The first-order valence-corrected chi connectivity index (χ1v) is 15.9. The van der Waals surface area contributed by atoms with Crippen LogP contribution >= 0.6 is 22.9 Å². The second-order valence-corrected chi connectivity index (χ2v) is 14.5. The standard InChI is InChI=1S/C26H33ClF2N4O5S2/c1-26(2,3)33-40(37,38)24-19(27)18(21(28)29)16(12-30-24)20-17(9-13-7-5-4-6-8-13)32-23(39-20)22(34)31-15-10-14(11-15)25(35)36/h12-15,21,33H,4-11H2,1-3H3,(H,31,34)(H,35,36). The molecule has 0 aliphatic heterocycles. The Morgan fingerprint density at radius 3 is 2.42 bits per heavy atom. The Morgan fingerprint density at radius 2 is 1.85 bits per heavy atom. The molecule has 0 unspecified atom stereocenters. The van der Waals surface area contributed by atoms with Crippen molar-refractivity contribution >= 4 is 44.8 Å². The molecular weight excluding hydrogens is 586 g/mol. The number of sulfonamides is 1. The van der Waals surface area contributed by atoms with Gasteiger partial charge in [0.1, 0.15) is 0 Å². The maximum atomic E-state index is 14.5. The summed E-state index contributed by atoms with van der Waals surface area (Å²) in [6, 6.07) is -0.310. The highest BCUT2D eigenvalue weighted by Gasteiger charge is 2.37. The van der Waals surface area contributed by atoms with Crippen molar-refractivity contribution < 1.29 is 31.9 Å². The number of nitrogens with zero attached hydrogens (tertiary/aromatic N) is 2. The van der Waals surface area contributed by atoms with E-state index in [0.717, 1.165) is 49.6 Å². The van der Waals surface area contributed by atoms with Gasteiger partial charge in [-0.25, -0.2) is 31.9 Å². The van der Waals surface area contributed by atoms with Crippen LogP contribution in [0.3, 0.4) is 0 Å². The van der Waals surface area contributed by atoms with Gasteiger partial charge in [-0.1, -0.05) is 43.7 Å². The van der Waals surface area contributed by atoms with Crippen LogP contribution in [0.4, 0.5) is 8.78 Å². The molecule has 3 N–H and O–H groups in total. The lowest BCUT2D eigenvalue weighted by Gasteiger charge is -2.32. The van der Waals surface area contributed by atoms with Gasteiger partial charge in [0.15, 0.2) is 10.0 Å². The Kier molecular flexibility index (Phi) is 9.18. The minimum atomic E-state index is -4.31. The summed E-state index contributed by atoms with van der Waals surface area (Å²) in [5.41, 5.74) is -1.19. The van der Waals surface area contributed by atoms with Crippen LogP contribution in [0.5, 0.6) is 0 Å². The molecule has 220 valence electrons. The van der Waals surface area contributed by atoms with Crippen molar-refractivity contribution in [2.45, 2.75) is 95.2 Å². The number of alkyl halides is 2. The van der Waals surface area contributed by atoms with E-state index in [0.29, 0.717) is 29.8 Å². The van der Waals surface area contributed by atoms with Crippen molar-refractivity contribution in [3.8, 4) is 10.4 Å². The quantitative estimate of drug-likeness (QED) is 0.333. The molecule has 0 spiro atoms. The molecular formula is C26H33ClF2N4O5S2. The third kappa shape index (κ3) is 6.97. The topological polar surface area (TPSA) is 138 Å². The summed E-state index contributed by atoms with van der Waals surface area (Å²) < 4.78 is 57.2. The molecule has 0 atom stereocenters. The summed E-state index contributed by atoms with van der Waals surface area (Å²) in [6.45, 7) is 4.81. The molecule has 0 radical (unpaired) electrons. The maximum Gasteiger partial charge on any atom is 0.306 e. The van der Waals surface area contributed by atoms with Crippen molar-refractivity contribution in [3.05, 3.63) is 27.5 Å². The molecule has 2 aromatic rings. The lowest BCUT2D eigenvalue weighted by atomic mass is 9.80. The number of carboxylic acids is 1. The molecule has 2 aromatic heterocycles. The number of halogens is 3. The van der Waals surface area contributed by atoms with Crippen LogP contribution in [0, 0.1) is 11.8 Å². The number of thiazole rings is 1. The molecule has 1 amide bonds. The lowest BCUT2D eigenvalue weighted by Crippen LogP contribution is -2.46. The first-order valence-electron chi connectivity index (χ1n) is 13.2. The smallest absolute Gasteiger partial charge is 0.306 e. The van der Waals surface area contributed by atoms with E-state index in [9.17, 15) is 26.8 Å². The van der Waals surface area contributed by atoms with E-state index in [-0.39, 0.29) is 22.5 Å². The van der Waals surface area contributed by atoms with Gasteiger partial charge in [0.25, 0.3) is 22.4 Å². The van der Waals surface area contributed by atoms with E-state index in [2.05, 4.69) is 20.0 Å². The number of carboxylic acid groups (broad SMARTS) is 1. The highest BCUT2D eigenvalue weighted by Crippen LogP contribution is 2.43. The summed E-state index contributed by atoms with van der Waals surface area (Å²) in [7, 11) is -4.31. The van der Waals surface area contributed by atoms with Gasteiger partial charge in [0.2, 0.25) is 0 Å². The highest BCUT2D eigenvalue weighted by atomic mass is 35.5. The molecule has 2 aliphatic rings. The Balaban J connectivity index is 1.73. The lowest BCUT2D eigenvalue weighted by molar-refractivity contribution is -0.145. The number of hydrogen-bond donors (Lipinski definition) is 3. The predicted octanol–water partition coefficient (Wildman–Crippen LogP) is 5.59. The summed E-state index contributed by atoms with van der Waals surface area (Å²) >= 11 is 7.24. The average molecular weight is 619 g/mol. The van der Waals surface area contributed by atoms with Gasteiger partial charge in [-0.15, -0.1) is 11.3 Å². The number of aromatic nitrogens is 2. The minimum Gasteiger partial charge on any atom is -0.481 e. The van der Waals surface area contributed by atoms with Gasteiger partial charge in [-0.3, -0.25) is 9.59 Å². The number of amides is 1. The van der Waals surface area contributed by atoms with Gasteiger partial charge >= 0.3 is 5.97 Å².